The van der Waals surface area contributed by atoms with Crippen LogP contribution in [0.5, 0.6) is 0 Å². The Kier molecular flexibility index (Phi) is 3.90. The number of amides is 1. The molecular weight excluding hydrogens is 264 g/mol. The van der Waals surface area contributed by atoms with E-state index in [1.165, 1.54) is 45.2 Å². The van der Waals surface area contributed by atoms with Crippen molar-refractivity contribution >= 4 is 5.91 Å². The lowest BCUT2D eigenvalue weighted by Gasteiger charge is -2.42. The van der Waals surface area contributed by atoms with E-state index in [0.29, 0.717) is 18.5 Å². The average molecular weight is 292 g/mol. The first-order chi connectivity index (χ1) is 10.3. The number of hydrogen-bond acceptors (Lipinski definition) is 4. The summed E-state index contributed by atoms with van der Waals surface area (Å²) in [6.07, 6.45) is 6.58. The molecular formula is C16H28N4O. The molecule has 4 saturated heterocycles. The number of nitrogens with one attached hydrogen (secondary N) is 2. The van der Waals surface area contributed by atoms with Crippen molar-refractivity contribution in [3.05, 3.63) is 0 Å². The van der Waals surface area contributed by atoms with Crippen LogP contribution in [-0.4, -0.2) is 73.1 Å². The largest absolute Gasteiger partial charge is 0.336 e. The lowest BCUT2D eigenvalue weighted by Crippen LogP contribution is -2.57. The van der Waals surface area contributed by atoms with Crippen LogP contribution in [0, 0.1) is 5.92 Å². The van der Waals surface area contributed by atoms with Crippen LogP contribution in [0.3, 0.4) is 0 Å². The normalized spacial score (nSPS) is 41.0. The van der Waals surface area contributed by atoms with Gasteiger partial charge in [-0.05, 0) is 44.6 Å². The third-order valence-electron chi connectivity index (χ3n) is 5.97. The molecule has 5 nitrogen and oxygen atoms in total. The van der Waals surface area contributed by atoms with Crippen molar-refractivity contribution < 1.29 is 4.79 Å². The summed E-state index contributed by atoms with van der Waals surface area (Å²) in [6, 6.07) is 2.03. The van der Waals surface area contributed by atoms with E-state index in [9.17, 15) is 4.79 Å². The first-order valence-corrected chi connectivity index (χ1v) is 8.78. The van der Waals surface area contributed by atoms with Crippen LogP contribution in [0.1, 0.15) is 32.1 Å². The molecule has 118 valence electrons. The van der Waals surface area contributed by atoms with Crippen LogP contribution in [-0.2, 0) is 4.79 Å². The highest BCUT2D eigenvalue weighted by molar-refractivity contribution is 5.79. The van der Waals surface area contributed by atoms with E-state index in [0.717, 1.165) is 37.6 Å². The van der Waals surface area contributed by atoms with Gasteiger partial charge in [0.2, 0.25) is 5.91 Å². The van der Waals surface area contributed by atoms with Crippen LogP contribution in [0.15, 0.2) is 0 Å². The highest BCUT2D eigenvalue weighted by Gasteiger charge is 2.40. The van der Waals surface area contributed by atoms with Crippen molar-refractivity contribution in [2.45, 2.75) is 50.2 Å². The molecule has 21 heavy (non-hydrogen) atoms. The number of piperazine rings is 1. The van der Waals surface area contributed by atoms with E-state index in [2.05, 4.69) is 20.4 Å². The van der Waals surface area contributed by atoms with E-state index in [1.807, 2.05) is 0 Å². The van der Waals surface area contributed by atoms with E-state index >= 15 is 0 Å². The maximum Gasteiger partial charge on any atom is 0.236 e. The number of carbonyl (C=O) groups is 1. The summed E-state index contributed by atoms with van der Waals surface area (Å²) < 4.78 is 0. The number of fused-ring (bicyclic) bond motifs is 2. The van der Waals surface area contributed by atoms with Crippen LogP contribution in [0.4, 0.5) is 0 Å². The molecule has 0 spiro atoms. The van der Waals surface area contributed by atoms with Crippen molar-refractivity contribution in [3.63, 3.8) is 0 Å². The molecule has 2 N–H and O–H groups in total. The van der Waals surface area contributed by atoms with Crippen LogP contribution < -0.4 is 10.6 Å². The van der Waals surface area contributed by atoms with Gasteiger partial charge in [-0.15, -0.1) is 0 Å². The summed E-state index contributed by atoms with van der Waals surface area (Å²) >= 11 is 0. The minimum atomic E-state index is 0.301. The van der Waals surface area contributed by atoms with Gasteiger partial charge in [0.25, 0.3) is 0 Å². The zero-order valence-electron chi connectivity index (χ0n) is 12.9. The summed E-state index contributed by atoms with van der Waals surface area (Å²) in [5, 5.41) is 6.93. The Bertz CT molecular complexity index is 402. The van der Waals surface area contributed by atoms with Gasteiger partial charge in [0.1, 0.15) is 0 Å². The molecule has 1 amide bonds. The van der Waals surface area contributed by atoms with Gasteiger partial charge in [0.05, 0.1) is 6.54 Å². The molecule has 0 aromatic carbocycles. The molecule has 4 heterocycles. The fourth-order valence-electron chi connectivity index (χ4n) is 4.93. The van der Waals surface area contributed by atoms with E-state index in [4.69, 9.17) is 0 Å². The molecule has 0 saturated carbocycles. The fraction of sp³-hybridized carbons (Fsp3) is 0.938. The maximum atomic E-state index is 12.1. The molecule has 4 unspecified atom stereocenters. The lowest BCUT2D eigenvalue weighted by molar-refractivity contribution is -0.135. The Labute approximate surface area is 127 Å². The van der Waals surface area contributed by atoms with Gasteiger partial charge >= 0.3 is 0 Å². The number of nitrogens with zero attached hydrogens (tertiary/aromatic N) is 2. The highest BCUT2D eigenvalue weighted by Crippen LogP contribution is 2.34. The molecule has 5 heteroatoms. The number of piperidine rings is 1. The first kappa shape index (κ1) is 14.0. The topological polar surface area (TPSA) is 47.6 Å². The van der Waals surface area contributed by atoms with Gasteiger partial charge in [-0.3, -0.25) is 4.79 Å². The van der Waals surface area contributed by atoms with Gasteiger partial charge in [-0.1, -0.05) is 0 Å². The second kappa shape index (κ2) is 5.86. The van der Waals surface area contributed by atoms with Crippen molar-refractivity contribution in [1.29, 1.82) is 0 Å². The molecule has 2 bridgehead atoms. The molecule has 4 atom stereocenters. The third-order valence-corrected chi connectivity index (χ3v) is 5.97. The Hall–Kier alpha value is -0.650. The number of rotatable bonds is 3. The number of carbonyl (C=O) groups excluding carboxylic acids is 1. The number of likely N-dealkylation sites (tertiary alicyclic amines) is 1. The minimum Gasteiger partial charge on any atom is -0.336 e. The van der Waals surface area contributed by atoms with Crippen LogP contribution in [0.2, 0.25) is 0 Å². The summed E-state index contributed by atoms with van der Waals surface area (Å²) in [5.74, 6) is 1.15. The Morgan fingerprint density at radius 2 is 2.14 bits per heavy atom. The third kappa shape index (κ3) is 2.83. The van der Waals surface area contributed by atoms with Crippen molar-refractivity contribution in [1.82, 2.24) is 20.4 Å². The first-order valence-electron chi connectivity index (χ1n) is 8.78. The number of hydrogen-bond donors (Lipinski definition) is 2. The lowest BCUT2D eigenvalue weighted by atomic mass is 9.88. The Morgan fingerprint density at radius 1 is 1.19 bits per heavy atom. The van der Waals surface area contributed by atoms with Crippen molar-refractivity contribution in [2.24, 2.45) is 5.92 Å². The van der Waals surface area contributed by atoms with E-state index in [-0.39, 0.29) is 0 Å². The highest BCUT2D eigenvalue weighted by atomic mass is 16.2. The average Bonchev–Trinajstić information content (AvgIpc) is 3.11. The van der Waals surface area contributed by atoms with Crippen LogP contribution in [0.25, 0.3) is 0 Å². The molecule has 4 aliphatic rings. The zero-order valence-corrected chi connectivity index (χ0v) is 12.9. The summed E-state index contributed by atoms with van der Waals surface area (Å²) in [5.41, 5.74) is 0. The Morgan fingerprint density at radius 3 is 2.90 bits per heavy atom. The summed E-state index contributed by atoms with van der Waals surface area (Å²) in [7, 11) is 0. The van der Waals surface area contributed by atoms with E-state index in [1.54, 1.807) is 0 Å². The molecule has 0 radical (unpaired) electrons. The van der Waals surface area contributed by atoms with Crippen molar-refractivity contribution in [2.75, 3.05) is 39.3 Å². The minimum absolute atomic E-state index is 0.301. The summed E-state index contributed by atoms with van der Waals surface area (Å²) in [6.45, 7) is 5.95. The van der Waals surface area contributed by atoms with Gasteiger partial charge in [0, 0.05) is 44.3 Å². The smallest absolute Gasteiger partial charge is 0.236 e. The zero-order chi connectivity index (χ0) is 14.2. The molecule has 0 aliphatic carbocycles. The monoisotopic (exact) mass is 292 g/mol. The predicted molar refractivity (Wildman–Crippen MR) is 82.1 cm³/mol. The summed E-state index contributed by atoms with van der Waals surface area (Å²) in [4.78, 5) is 16.9. The van der Waals surface area contributed by atoms with Gasteiger partial charge in [0.15, 0.2) is 0 Å². The molecule has 0 aromatic heterocycles. The molecule has 0 aromatic rings. The Balaban J connectivity index is 1.33. The van der Waals surface area contributed by atoms with Gasteiger partial charge in [-0.2, -0.15) is 0 Å². The SMILES string of the molecule is O=C1CNCCN1C1CCCN(CC2CC3CCC2N3)C1. The van der Waals surface area contributed by atoms with Gasteiger partial charge in [-0.25, -0.2) is 0 Å². The van der Waals surface area contributed by atoms with Crippen molar-refractivity contribution in [3.8, 4) is 0 Å². The fourth-order valence-corrected chi connectivity index (χ4v) is 4.93. The molecule has 4 aliphatic heterocycles. The second-order valence-electron chi connectivity index (χ2n) is 7.36. The predicted octanol–water partition coefficient (Wildman–Crippen LogP) is 0.0231. The molecule has 4 fully saturated rings. The second-order valence-corrected chi connectivity index (χ2v) is 7.36. The quantitative estimate of drug-likeness (QED) is 0.770. The maximum absolute atomic E-state index is 12.1. The van der Waals surface area contributed by atoms with Gasteiger partial charge < -0.3 is 20.4 Å². The standard InChI is InChI=1S/C16H28N4O/c21-16-9-17-5-7-20(16)14-2-1-6-19(11-14)10-12-8-13-3-4-15(12)18-13/h12-15,17-18H,1-11H2. The van der Waals surface area contributed by atoms with Crippen LogP contribution >= 0.6 is 0 Å². The van der Waals surface area contributed by atoms with E-state index < -0.39 is 0 Å². The molecule has 4 rings (SSSR count).